The molecule has 11 nitrogen and oxygen atoms in total. The number of morpholine rings is 1. The average Bonchev–Trinajstić information content (AvgIpc) is 3.32. The number of piperazine rings is 1. The fourth-order valence-corrected chi connectivity index (χ4v) is 5.31. The zero-order valence-corrected chi connectivity index (χ0v) is 24.2. The van der Waals surface area contributed by atoms with Gasteiger partial charge in [0.2, 0.25) is 5.91 Å². The van der Waals surface area contributed by atoms with Gasteiger partial charge in [-0.3, -0.25) is 19.4 Å². The van der Waals surface area contributed by atoms with E-state index in [0.29, 0.717) is 56.5 Å². The second-order valence-electron chi connectivity index (χ2n) is 10.6. The first kappa shape index (κ1) is 29.6. The molecule has 0 aliphatic carbocycles. The number of rotatable bonds is 10. The van der Waals surface area contributed by atoms with Crippen LogP contribution in [0.1, 0.15) is 21.6 Å². The maximum atomic E-state index is 12.7. The highest BCUT2D eigenvalue weighted by molar-refractivity contribution is 5.91. The SMILES string of the molecule is COc1ccc2[nH]c(C)c(CC(=O)Oc3ccc(C(=O)OCCN4CCN(CC(=O)N5CCOCC5)CC4)cc3)c2c1. The number of hydrogen-bond donors (Lipinski definition) is 1. The van der Waals surface area contributed by atoms with Crippen LogP contribution >= 0.6 is 0 Å². The van der Waals surface area contributed by atoms with Crippen LogP contribution in [-0.4, -0.2) is 117 Å². The van der Waals surface area contributed by atoms with E-state index in [2.05, 4.69) is 14.8 Å². The summed E-state index contributed by atoms with van der Waals surface area (Å²) in [5.41, 5.74) is 3.07. The molecule has 2 fully saturated rings. The number of carbonyl (C=O) groups excluding carboxylic acids is 3. The molecule has 42 heavy (non-hydrogen) atoms. The Kier molecular flexibility index (Phi) is 9.73. The smallest absolute Gasteiger partial charge is 0.338 e. The lowest BCUT2D eigenvalue weighted by atomic mass is 10.1. The third-order valence-electron chi connectivity index (χ3n) is 7.80. The maximum absolute atomic E-state index is 12.7. The highest BCUT2D eigenvalue weighted by Gasteiger charge is 2.23. The van der Waals surface area contributed by atoms with Crippen LogP contribution in [0.2, 0.25) is 0 Å². The molecule has 0 saturated carbocycles. The first-order valence-electron chi connectivity index (χ1n) is 14.3. The number of H-pyrrole nitrogens is 1. The minimum Gasteiger partial charge on any atom is -0.497 e. The van der Waals surface area contributed by atoms with Crippen LogP contribution in [0.4, 0.5) is 0 Å². The number of amides is 1. The van der Waals surface area contributed by atoms with Crippen LogP contribution in [-0.2, 0) is 25.5 Å². The standard InChI is InChI=1S/C31H38N4O7/c1-22-26(27-19-25(39-2)7-8-28(27)32-22)20-30(37)42-24-5-3-23(4-6-24)31(38)41-18-13-33-9-11-34(12-10-33)21-29(36)35-14-16-40-17-15-35/h3-8,19,32H,9-18,20-21H2,1-2H3. The van der Waals surface area contributed by atoms with Crippen molar-refractivity contribution in [2.75, 3.05) is 79.3 Å². The number of esters is 2. The van der Waals surface area contributed by atoms with Crippen molar-refractivity contribution in [3.63, 3.8) is 0 Å². The molecule has 3 aromatic rings. The van der Waals surface area contributed by atoms with Crippen LogP contribution in [0.25, 0.3) is 10.9 Å². The monoisotopic (exact) mass is 578 g/mol. The molecule has 0 spiro atoms. The maximum Gasteiger partial charge on any atom is 0.338 e. The second-order valence-corrected chi connectivity index (χ2v) is 10.6. The molecule has 2 saturated heterocycles. The van der Waals surface area contributed by atoms with E-state index < -0.39 is 11.9 Å². The molecular weight excluding hydrogens is 540 g/mol. The van der Waals surface area contributed by atoms with Crippen LogP contribution in [0.5, 0.6) is 11.5 Å². The minimum atomic E-state index is -0.425. The number of fused-ring (bicyclic) bond motifs is 1. The molecule has 1 amide bonds. The average molecular weight is 579 g/mol. The van der Waals surface area contributed by atoms with Crippen LogP contribution in [0.3, 0.4) is 0 Å². The molecule has 3 heterocycles. The summed E-state index contributed by atoms with van der Waals surface area (Å²) in [4.78, 5) is 47.3. The molecular formula is C31H38N4O7. The molecule has 1 N–H and O–H groups in total. The van der Waals surface area contributed by atoms with Crippen molar-refractivity contribution >= 4 is 28.7 Å². The first-order valence-corrected chi connectivity index (χ1v) is 14.3. The number of carbonyl (C=O) groups is 3. The Hall–Kier alpha value is -3.93. The van der Waals surface area contributed by atoms with Crippen molar-refractivity contribution in [3.8, 4) is 11.5 Å². The Morgan fingerprint density at radius 3 is 2.31 bits per heavy atom. The predicted octanol–water partition coefficient (Wildman–Crippen LogP) is 2.27. The number of nitrogens with one attached hydrogen (secondary N) is 1. The molecule has 1 aromatic heterocycles. The van der Waals surface area contributed by atoms with Crippen molar-refractivity contribution < 1.29 is 33.3 Å². The number of ether oxygens (including phenoxy) is 4. The van der Waals surface area contributed by atoms with E-state index in [-0.39, 0.29) is 18.9 Å². The number of aromatic nitrogens is 1. The van der Waals surface area contributed by atoms with Gasteiger partial charge in [0.25, 0.3) is 0 Å². The van der Waals surface area contributed by atoms with Crippen LogP contribution in [0.15, 0.2) is 42.5 Å². The fourth-order valence-electron chi connectivity index (χ4n) is 5.31. The molecule has 0 unspecified atom stereocenters. The number of aromatic amines is 1. The second kappa shape index (κ2) is 13.8. The van der Waals surface area contributed by atoms with Crippen molar-refractivity contribution in [3.05, 3.63) is 59.3 Å². The topological polar surface area (TPSA) is 114 Å². The van der Waals surface area contributed by atoms with Gasteiger partial charge in [-0.25, -0.2) is 4.79 Å². The molecule has 11 heteroatoms. The summed E-state index contributed by atoms with van der Waals surface area (Å²) < 4.78 is 21.7. The molecule has 5 rings (SSSR count). The predicted molar refractivity (Wildman–Crippen MR) is 156 cm³/mol. The number of methoxy groups -OCH3 is 1. The van der Waals surface area contributed by atoms with Gasteiger partial charge < -0.3 is 28.8 Å². The summed E-state index contributed by atoms with van der Waals surface area (Å²) in [5.74, 6) is 0.408. The molecule has 0 bridgehead atoms. The molecule has 0 radical (unpaired) electrons. The summed E-state index contributed by atoms with van der Waals surface area (Å²) in [5, 5.41) is 0.919. The number of hydrogen-bond acceptors (Lipinski definition) is 9. The minimum absolute atomic E-state index is 0.0984. The molecule has 2 aromatic carbocycles. The van der Waals surface area contributed by atoms with Gasteiger partial charge in [-0.1, -0.05) is 0 Å². The van der Waals surface area contributed by atoms with Gasteiger partial charge in [-0.2, -0.15) is 0 Å². The number of benzene rings is 2. The highest BCUT2D eigenvalue weighted by Crippen LogP contribution is 2.27. The van der Waals surface area contributed by atoms with Gasteiger partial charge in [0, 0.05) is 62.4 Å². The lowest BCUT2D eigenvalue weighted by Gasteiger charge is -2.35. The summed E-state index contributed by atoms with van der Waals surface area (Å²) in [6, 6.07) is 12.1. The van der Waals surface area contributed by atoms with Gasteiger partial charge in [-0.05, 0) is 55.0 Å². The summed E-state index contributed by atoms with van der Waals surface area (Å²) >= 11 is 0. The van der Waals surface area contributed by atoms with E-state index in [1.165, 1.54) is 0 Å². The third kappa shape index (κ3) is 7.47. The lowest BCUT2D eigenvalue weighted by Crippen LogP contribution is -2.52. The van der Waals surface area contributed by atoms with E-state index in [9.17, 15) is 14.4 Å². The zero-order chi connectivity index (χ0) is 29.5. The zero-order valence-electron chi connectivity index (χ0n) is 24.2. The van der Waals surface area contributed by atoms with Gasteiger partial charge in [-0.15, -0.1) is 0 Å². The summed E-state index contributed by atoms with van der Waals surface area (Å²) in [6.45, 7) is 9.06. The Bertz CT molecular complexity index is 1390. The van der Waals surface area contributed by atoms with Crippen molar-refractivity contribution in [2.24, 2.45) is 0 Å². The molecule has 2 aliphatic heterocycles. The highest BCUT2D eigenvalue weighted by atomic mass is 16.5. The van der Waals surface area contributed by atoms with Crippen LogP contribution < -0.4 is 9.47 Å². The quantitative estimate of drug-likeness (QED) is 0.286. The van der Waals surface area contributed by atoms with Crippen molar-refractivity contribution in [1.29, 1.82) is 0 Å². The molecule has 224 valence electrons. The van der Waals surface area contributed by atoms with E-state index in [1.807, 2.05) is 30.0 Å². The Morgan fingerprint density at radius 2 is 1.60 bits per heavy atom. The van der Waals surface area contributed by atoms with Crippen LogP contribution in [0, 0.1) is 6.92 Å². The number of aryl methyl sites for hydroxylation is 1. The Morgan fingerprint density at radius 1 is 0.905 bits per heavy atom. The van der Waals surface area contributed by atoms with Crippen molar-refractivity contribution in [1.82, 2.24) is 19.7 Å². The van der Waals surface area contributed by atoms with E-state index in [0.717, 1.165) is 48.3 Å². The normalized spacial score (nSPS) is 16.4. The van der Waals surface area contributed by atoms with Gasteiger partial charge in [0.15, 0.2) is 0 Å². The summed E-state index contributed by atoms with van der Waals surface area (Å²) in [6.07, 6.45) is 0.0984. The molecule has 2 aliphatic rings. The summed E-state index contributed by atoms with van der Waals surface area (Å²) in [7, 11) is 1.61. The Balaban J connectivity index is 1.03. The third-order valence-corrected chi connectivity index (χ3v) is 7.80. The Labute approximate surface area is 245 Å². The van der Waals surface area contributed by atoms with Gasteiger partial charge in [0.1, 0.15) is 18.1 Å². The lowest BCUT2D eigenvalue weighted by molar-refractivity contribution is -0.137. The van der Waals surface area contributed by atoms with E-state index in [1.54, 1.807) is 31.4 Å². The van der Waals surface area contributed by atoms with Gasteiger partial charge in [0.05, 0.1) is 38.9 Å². The van der Waals surface area contributed by atoms with Gasteiger partial charge >= 0.3 is 11.9 Å². The van der Waals surface area contributed by atoms with Crippen molar-refractivity contribution in [2.45, 2.75) is 13.3 Å². The largest absolute Gasteiger partial charge is 0.497 e. The fraction of sp³-hybridized carbons (Fsp3) is 0.452. The van der Waals surface area contributed by atoms with E-state index >= 15 is 0 Å². The molecule has 0 atom stereocenters. The first-order chi connectivity index (χ1) is 20.4. The number of nitrogens with zero attached hydrogens (tertiary/aromatic N) is 3. The van der Waals surface area contributed by atoms with E-state index in [4.69, 9.17) is 18.9 Å².